The Morgan fingerprint density at radius 1 is 1.14 bits per heavy atom. The number of carbonyl (C=O) groups is 1. The van der Waals surface area contributed by atoms with Crippen molar-refractivity contribution in [1.82, 2.24) is 20.1 Å². The maximum atomic E-state index is 12.6. The summed E-state index contributed by atoms with van der Waals surface area (Å²) in [5, 5.41) is 12.7. The van der Waals surface area contributed by atoms with Crippen LogP contribution in [0.4, 0.5) is 5.69 Å². The van der Waals surface area contributed by atoms with Crippen LogP contribution in [0.5, 0.6) is 0 Å². The summed E-state index contributed by atoms with van der Waals surface area (Å²) in [7, 11) is 0. The van der Waals surface area contributed by atoms with E-state index in [-0.39, 0.29) is 5.91 Å². The highest BCUT2D eigenvalue weighted by Crippen LogP contribution is 2.29. The minimum absolute atomic E-state index is 0.193. The second-order valence-corrected chi connectivity index (χ2v) is 9.50. The van der Waals surface area contributed by atoms with Gasteiger partial charge < -0.3 is 14.5 Å². The predicted molar refractivity (Wildman–Crippen MR) is 139 cm³/mol. The quantitative estimate of drug-likeness (QED) is 0.338. The smallest absolute Gasteiger partial charge is 0.248 e. The summed E-state index contributed by atoms with van der Waals surface area (Å²) in [6.07, 6.45) is 9.74. The van der Waals surface area contributed by atoms with Crippen LogP contribution in [-0.4, -0.2) is 52.3 Å². The first kappa shape index (κ1) is 24.1. The Morgan fingerprint density at radius 3 is 2.81 bits per heavy atom. The van der Waals surface area contributed by atoms with E-state index in [1.165, 1.54) is 11.3 Å². The van der Waals surface area contributed by atoms with E-state index in [2.05, 4.69) is 36.8 Å². The maximum absolute atomic E-state index is 12.6. The Kier molecular flexibility index (Phi) is 7.92. The second-order valence-electron chi connectivity index (χ2n) is 8.51. The van der Waals surface area contributed by atoms with Gasteiger partial charge in [-0.1, -0.05) is 12.1 Å². The summed E-state index contributed by atoms with van der Waals surface area (Å²) in [6.45, 7) is 4.46. The third-order valence-electron chi connectivity index (χ3n) is 5.97. The first-order chi connectivity index (χ1) is 17.7. The van der Waals surface area contributed by atoms with E-state index in [0.29, 0.717) is 12.3 Å². The summed E-state index contributed by atoms with van der Waals surface area (Å²) in [6, 6.07) is 12.0. The Balaban J connectivity index is 1.19. The number of amides is 1. The molecule has 4 aromatic rings. The van der Waals surface area contributed by atoms with Crippen LogP contribution < -0.4 is 5.32 Å². The number of morpholine rings is 1. The Labute approximate surface area is 213 Å². The number of aryl methyl sites for hydroxylation is 2. The monoisotopic (exact) mass is 501 g/mol. The van der Waals surface area contributed by atoms with E-state index in [1.807, 2.05) is 36.4 Å². The third kappa shape index (κ3) is 6.51. The summed E-state index contributed by atoms with van der Waals surface area (Å²) in [5.41, 5.74) is 4.97. The molecule has 0 radical (unpaired) electrons. The van der Waals surface area contributed by atoms with Crippen molar-refractivity contribution in [1.29, 1.82) is 0 Å². The molecule has 1 amide bonds. The largest absolute Gasteiger partial charge is 0.428 e. The van der Waals surface area contributed by atoms with Crippen LogP contribution in [-0.2, 0) is 28.9 Å². The Bertz CT molecular complexity index is 1300. The van der Waals surface area contributed by atoms with Gasteiger partial charge >= 0.3 is 0 Å². The van der Waals surface area contributed by atoms with Gasteiger partial charge in [0.25, 0.3) is 0 Å². The molecule has 9 heteroatoms. The van der Waals surface area contributed by atoms with E-state index < -0.39 is 0 Å². The van der Waals surface area contributed by atoms with Crippen LogP contribution >= 0.6 is 11.3 Å². The first-order valence-corrected chi connectivity index (χ1v) is 12.8. The van der Waals surface area contributed by atoms with Crippen LogP contribution in [0.1, 0.15) is 21.9 Å². The number of rotatable bonds is 9. The van der Waals surface area contributed by atoms with Crippen LogP contribution in [0.3, 0.4) is 0 Å². The van der Waals surface area contributed by atoms with Gasteiger partial charge in [-0.25, -0.2) is 0 Å². The average molecular weight is 502 g/mol. The number of nitrogens with one attached hydrogen (secondary N) is 1. The van der Waals surface area contributed by atoms with Crippen LogP contribution in [0.2, 0.25) is 0 Å². The second kappa shape index (κ2) is 11.9. The maximum Gasteiger partial charge on any atom is 0.248 e. The van der Waals surface area contributed by atoms with Gasteiger partial charge in [0.2, 0.25) is 18.2 Å². The number of nitrogens with zero attached hydrogens (tertiary/aromatic N) is 4. The van der Waals surface area contributed by atoms with E-state index in [9.17, 15) is 4.79 Å². The lowest BCUT2D eigenvalue weighted by molar-refractivity contribution is -0.111. The standard InChI is InChI=1S/C27H27N5O3S/c33-26(30-23-5-1-20(2-6-23)3-8-27-31-29-19-35-27)7-4-21-16-28-10-9-25(21)22-15-24(36-18-22)17-32-11-13-34-14-12-32/h1-2,4-7,9-10,15-16,18-19H,3,8,11-14,17H2,(H,30,33)/b7-4+. The molecule has 184 valence electrons. The van der Waals surface area contributed by atoms with Gasteiger partial charge in [-0.2, -0.15) is 0 Å². The molecule has 0 saturated carbocycles. The molecule has 0 unspecified atom stereocenters. The van der Waals surface area contributed by atoms with Crippen molar-refractivity contribution in [2.24, 2.45) is 0 Å². The van der Waals surface area contributed by atoms with Crippen LogP contribution in [0.25, 0.3) is 17.2 Å². The molecule has 5 rings (SSSR count). The van der Waals surface area contributed by atoms with Crippen molar-refractivity contribution in [2.45, 2.75) is 19.4 Å². The highest BCUT2D eigenvalue weighted by molar-refractivity contribution is 7.10. The molecule has 0 spiro atoms. The first-order valence-electron chi connectivity index (χ1n) is 11.9. The Hall–Kier alpha value is -3.66. The van der Waals surface area contributed by atoms with Crippen molar-refractivity contribution in [3.05, 3.63) is 88.5 Å². The molecule has 1 fully saturated rings. The zero-order valence-corrected chi connectivity index (χ0v) is 20.6. The number of ether oxygens (including phenoxy) is 1. The highest BCUT2D eigenvalue weighted by Gasteiger charge is 2.13. The molecule has 0 bridgehead atoms. The fraction of sp³-hybridized carbons (Fsp3) is 0.259. The summed E-state index contributed by atoms with van der Waals surface area (Å²) >= 11 is 1.76. The lowest BCUT2D eigenvalue weighted by atomic mass is 10.0. The molecule has 4 heterocycles. The van der Waals surface area contributed by atoms with Gasteiger partial charge in [0, 0.05) is 60.7 Å². The fourth-order valence-electron chi connectivity index (χ4n) is 4.05. The van der Waals surface area contributed by atoms with Crippen LogP contribution in [0, 0.1) is 0 Å². The Morgan fingerprint density at radius 2 is 2.00 bits per heavy atom. The highest BCUT2D eigenvalue weighted by atomic mass is 32.1. The minimum atomic E-state index is -0.193. The lowest BCUT2D eigenvalue weighted by Crippen LogP contribution is -2.35. The minimum Gasteiger partial charge on any atom is -0.428 e. The van der Waals surface area contributed by atoms with Crippen LogP contribution in [0.15, 0.2) is 71.1 Å². The molecule has 8 nitrogen and oxygen atoms in total. The molecule has 0 atom stereocenters. The third-order valence-corrected chi connectivity index (χ3v) is 6.89. The molecule has 1 N–H and O–H groups in total. The SMILES string of the molecule is O=C(/C=C/c1cnccc1-c1csc(CN2CCOCC2)c1)Nc1ccc(CCc2nnco2)cc1. The number of hydrogen-bond acceptors (Lipinski definition) is 8. The molecular weight excluding hydrogens is 474 g/mol. The number of thiophene rings is 1. The zero-order valence-electron chi connectivity index (χ0n) is 19.8. The lowest BCUT2D eigenvalue weighted by Gasteiger charge is -2.25. The fourth-order valence-corrected chi connectivity index (χ4v) is 4.97. The van der Waals surface area contributed by atoms with Gasteiger partial charge in [-0.15, -0.1) is 21.5 Å². The number of pyridine rings is 1. The average Bonchev–Trinajstić information content (AvgIpc) is 3.60. The molecule has 1 aliphatic heterocycles. The van der Waals surface area contributed by atoms with Crippen molar-refractivity contribution in [2.75, 3.05) is 31.6 Å². The molecule has 1 saturated heterocycles. The topological polar surface area (TPSA) is 93.4 Å². The van der Waals surface area contributed by atoms with Crippen molar-refractivity contribution in [3.8, 4) is 11.1 Å². The summed E-state index contributed by atoms with van der Waals surface area (Å²) < 4.78 is 10.6. The molecule has 36 heavy (non-hydrogen) atoms. The van der Waals surface area contributed by atoms with E-state index in [0.717, 1.165) is 67.2 Å². The number of aromatic nitrogens is 3. The van der Waals surface area contributed by atoms with E-state index >= 15 is 0 Å². The van der Waals surface area contributed by atoms with Gasteiger partial charge in [0.15, 0.2) is 0 Å². The molecule has 3 aromatic heterocycles. The number of hydrogen-bond donors (Lipinski definition) is 1. The molecular formula is C27H27N5O3S. The van der Waals surface area contributed by atoms with Crippen molar-refractivity contribution < 1.29 is 13.9 Å². The molecule has 1 aromatic carbocycles. The molecule has 0 aliphatic carbocycles. The number of carbonyl (C=O) groups excluding carboxylic acids is 1. The normalized spacial score (nSPS) is 14.3. The predicted octanol–water partition coefficient (Wildman–Crippen LogP) is 4.46. The van der Waals surface area contributed by atoms with Gasteiger partial charge in [-0.05, 0) is 58.8 Å². The van der Waals surface area contributed by atoms with Gasteiger partial charge in [-0.3, -0.25) is 14.7 Å². The summed E-state index contributed by atoms with van der Waals surface area (Å²) in [4.78, 5) is 20.6. The number of anilines is 1. The van der Waals surface area contributed by atoms with Crippen molar-refractivity contribution in [3.63, 3.8) is 0 Å². The molecule has 1 aliphatic rings. The summed E-state index contributed by atoms with van der Waals surface area (Å²) in [5.74, 6) is 0.421. The van der Waals surface area contributed by atoms with Crippen molar-refractivity contribution >= 4 is 29.0 Å². The van der Waals surface area contributed by atoms with E-state index in [1.54, 1.807) is 29.8 Å². The van der Waals surface area contributed by atoms with Gasteiger partial charge in [0.1, 0.15) is 0 Å². The van der Waals surface area contributed by atoms with Gasteiger partial charge in [0.05, 0.1) is 13.2 Å². The zero-order chi connectivity index (χ0) is 24.6. The van der Waals surface area contributed by atoms with E-state index in [4.69, 9.17) is 9.15 Å². The number of benzene rings is 1.